The molecule has 1 saturated carbocycles. The van der Waals surface area contributed by atoms with E-state index in [1.807, 2.05) is 19.9 Å². The van der Waals surface area contributed by atoms with Crippen molar-refractivity contribution in [2.75, 3.05) is 25.0 Å². The highest BCUT2D eigenvalue weighted by Gasteiger charge is 2.39. The number of hydrogen-bond acceptors (Lipinski definition) is 6. The van der Waals surface area contributed by atoms with E-state index in [0.717, 1.165) is 36.8 Å². The van der Waals surface area contributed by atoms with Gasteiger partial charge < -0.3 is 10.2 Å². The minimum atomic E-state index is -3.80. The summed E-state index contributed by atoms with van der Waals surface area (Å²) in [6.45, 7) is 3.79. The fourth-order valence-corrected chi connectivity index (χ4v) is 7.12. The maximum absolute atomic E-state index is 13.2. The zero-order valence-electron chi connectivity index (χ0n) is 19.7. The van der Waals surface area contributed by atoms with Crippen LogP contribution in [0.15, 0.2) is 34.7 Å². The molecule has 2 heterocycles. The Morgan fingerprint density at radius 3 is 2.47 bits per heavy atom. The van der Waals surface area contributed by atoms with Gasteiger partial charge in [0.2, 0.25) is 21.8 Å². The average molecular weight is 505 g/mol. The summed E-state index contributed by atoms with van der Waals surface area (Å²) >= 11 is 1.33. The van der Waals surface area contributed by atoms with Gasteiger partial charge in [-0.15, -0.1) is 11.3 Å². The maximum atomic E-state index is 13.2. The molecule has 0 radical (unpaired) electrons. The smallest absolute Gasteiger partial charge is 0.248 e. The van der Waals surface area contributed by atoms with E-state index in [1.54, 1.807) is 28.6 Å². The third kappa shape index (κ3) is 5.67. The standard InChI is InChI=1S/C24H32N4O4S2/c1-17-12-18(2)14-20(13-17)34(31,32)27-9-10-28(22(29)16-27)21(15-19-6-4-3-5-7-19)23(30)26-24-25-8-11-33-24/h8,11-14,19,21H,3-7,9-10,15-16H2,1-2H3,(H,25,26,30). The highest BCUT2D eigenvalue weighted by molar-refractivity contribution is 7.89. The number of nitrogens with one attached hydrogen (secondary N) is 1. The van der Waals surface area contributed by atoms with Crippen molar-refractivity contribution in [2.45, 2.75) is 63.3 Å². The Labute approximate surface area is 205 Å². The van der Waals surface area contributed by atoms with Gasteiger partial charge in [0.15, 0.2) is 5.13 Å². The number of aryl methyl sites for hydroxylation is 2. The lowest BCUT2D eigenvalue weighted by atomic mass is 9.84. The quantitative estimate of drug-likeness (QED) is 0.621. The molecule has 1 N–H and O–H groups in total. The van der Waals surface area contributed by atoms with Crippen LogP contribution >= 0.6 is 11.3 Å². The van der Waals surface area contributed by atoms with Crippen molar-refractivity contribution in [3.63, 3.8) is 0 Å². The summed E-state index contributed by atoms with van der Waals surface area (Å²) in [5.74, 6) is -0.209. The number of nitrogens with zero attached hydrogens (tertiary/aromatic N) is 3. The van der Waals surface area contributed by atoms with Crippen molar-refractivity contribution in [1.82, 2.24) is 14.2 Å². The third-order valence-electron chi connectivity index (χ3n) is 6.68. The molecule has 10 heteroatoms. The van der Waals surface area contributed by atoms with Crippen LogP contribution in [0.5, 0.6) is 0 Å². The number of carbonyl (C=O) groups is 2. The molecular weight excluding hydrogens is 472 g/mol. The highest BCUT2D eigenvalue weighted by Crippen LogP contribution is 2.30. The number of amides is 2. The monoisotopic (exact) mass is 504 g/mol. The van der Waals surface area contributed by atoms with Gasteiger partial charge in [-0.2, -0.15) is 4.31 Å². The van der Waals surface area contributed by atoms with Gasteiger partial charge in [0, 0.05) is 24.7 Å². The van der Waals surface area contributed by atoms with E-state index in [0.29, 0.717) is 17.5 Å². The predicted molar refractivity (Wildman–Crippen MR) is 132 cm³/mol. The summed E-state index contributed by atoms with van der Waals surface area (Å²) in [7, 11) is -3.80. The van der Waals surface area contributed by atoms with Crippen LogP contribution in [-0.4, -0.2) is 60.1 Å². The molecule has 0 bridgehead atoms. The fourth-order valence-electron chi connectivity index (χ4n) is 5.02. The number of thiazole rings is 1. The van der Waals surface area contributed by atoms with Crippen LogP contribution in [0.3, 0.4) is 0 Å². The number of aromatic nitrogens is 1. The van der Waals surface area contributed by atoms with Gasteiger partial charge >= 0.3 is 0 Å². The minimum Gasteiger partial charge on any atom is -0.328 e. The lowest BCUT2D eigenvalue weighted by molar-refractivity contribution is -0.142. The summed E-state index contributed by atoms with van der Waals surface area (Å²) < 4.78 is 27.7. The Balaban J connectivity index is 1.51. The summed E-state index contributed by atoms with van der Waals surface area (Å²) in [6.07, 6.45) is 7.81. The summed E-state index contributed by atoms with van der Waals surface area (Å²) in [4.78, 5) is 32.4. The lowest BCUT2D eigenvalue weighted by Gasteiger charge is -2.39. The molecule has 0 spiro atoms. The first-order chi connectivity index (χ1) is 16.2. The molecule has 2 aromatic rings. The van der Waals surface area contributed by atoms with E-state index in [4.69, 9.17) is 0 Å². The van der Waals surface area contributed by atoms with Crippen LogP contribution in [0.2, 0.25) is 0 Å². The minimum absolute atomic E-state index is 0.159. The van der Waals surface area contributed by atoms with E-state index in [-0.39, 0.29) is 36.3 Å². The molecule has 1 aromatic heterocycles. The predicted octanol–water partition coefficient (Wildman–Crippen LogP) is 3.57. The molecule has 1 aromatic carbocycles. The van der Waals surface area contributed by atoms with E-state index < -0.39 is 16.1 Å². The van der Waals surface area contributed by atoms with Crippen molar-refractivity contribution < 1.29 is 18.0 Å². The second kappa shape index (κ2) is 10.5. The number of anilines is 1. The number of piperazine rings is 1. The molecule has 1 atom stereocenters. The molecule has 2 aliphatic rings. The van der Waals surface area contributed by atoms with Gasteiger partial charge in [-0.3, -0.25) is 9.59 Å². The maximum Gasteiger partial charge on any atom is 0.248 e. The Bertz CT molecular complexity index is 1110. The van der Waals surface area contributed by atoms with Gasteiger partial charge in [0.05, 0.1) is 11.4 Å². The number of sulfonamides is 1. The van der Waals surface area contributed by atoms with Crippen molar-refractivity contribution in [1.29, 1.82) is 0 Å². The lowest BCUT2D eigenvalue weighted by Crippen LogP contribution is -2.58. The van der Waals surface area contributed by atoms with E-state index in [9.17, 15) is 18.0 Å². The first kappa shape index (κ1) is 24.8. The number of benzene rings is 1. The van der Waals surface area contributed by atoms with Gasteiger partial charge in [0.25, 0.3) is 0 Å². The number of rotatable bonds is 7. The molecule has 184 valence electrons. The van der Waals surface area contributed by atoms with Gasteiger partial charge in [-0.1, -0.05) is 38.2 Å². The van der Waals surface area contributed by atoms with Crippen LogP contribution in [-0.2, 0) is 19.6 Å². The van der Waals surface area contributed by atoms with Crippen molar-refractivity contribution in [3.05, 3.63) is 40.9 Å². The average Bonchev–Trinajstić information content (AvgIpc) is 3.30. The summed E-state index contributed by atoms with van der Waals surface area (Å²) in [5, 5.41) is 5.14. The topological polar surface area (TPSA) is 99.7 Å². The first-order valence-electron chi connectivity index (χ1n) is 11.8. The normalized spacial score (nSPS) is 19.2. The molecule has 4 rings (SSSR count). The zero-order valence-corrected chi connectivity index (χ0v) is 21.3. The van der Waals surface area contributed by atoms with Crippen molar-refractivity contribution >= 4 is 38.3 Å². The Hall–Kier alpha value is -2.30. The first-order valence-corrected chi connectivity index (χ1v) is 14.1. The molecule has 1 aliphatic heterocycles. The highest BCUT2D eigenvalue weighted by atomic mass is 32.2. The molecular formula is C24H32N4O4S2. The molecule has 8 nitrogen and oxygen atoms in total. The van der Waals surface area contributed by atoms with Crippen molar-refractivity contribution in [2.24, 2.45) is 5.92 Å². The second-order valence-electron chi connectivity index (χ2n) is 9.33. The second-order valence-corrected chi connectivity index (χ2v) is 12.2. The van der Waals surface area contributed by atoms with Gasteiger partial charge in [0.1, 0.15) is 6.04 Å². The molecule has 2 amide bonds. The molecule has 1 unspecified atom stereocenters. The fraction of sp³-hybridized carbons (Fsp3) is 0.542. The van der Waals surface area contributed by atoms with Crippen LogP contribution in [0, 0.1) is 19.8 Å². The largest absolute Gasteiger partial charge is 0.328 e. The SMILES string of the molecule is Cc1cc(C)cc(S(=O)(=O)N2CCN(C(CC3CCCCC3)C(=O)Nc3nccs3)C(=O)C2)c1. The molecule has 34 heavy (non-hydrogen) atoms. The Morgan fingerprint density at radius 2 is 1.85 bits per heavy atom. The molecule has 2 fully saturated rings. The summed E-state index contributed by atoms with van der Waals surface area (Å²) in [5.41, 5.74) is 1.71. The van der Waals surface area contributed by atoms with E-state index >= 15 is 0 Å². The molecule has 1 aliphatic carbocycles. The molecule has 1 saturated heterocycles. The van der Waals surface area contributed by atoms with Gasteiger partial charge in [-0.25, -0.2) is 13.4 Å². The third-order valence-corrected chi connectivity index (χ3v) is 9.19. The number of carbonyl (C=O) groups excluding carboxylic acids is 2. The van der Waals surface area contributed by atoms with Crippen molar-refractivity contribution in [3.8, 4) is 0 Å². The summed E-state index contributed by atoms with van der Waals surface area (Å²) in [6, 6.07) is 4.54. The zero-order chi connectivity index (χ0) is 24.3. The van der Waals surface area contributed by atoms with Gasteiger partial charge in [-0.05, 0) is 49.4 Å². The Morgan fingerprint density at radius 1 is 1.15 bits per heavy atom. The van der Waals surface area contributed by atoms with Crippen LogP contribution in [0.25, 0.3) is 0 Å². The Kier molecular flexibility index (Phi) is 7.69. The van der Waals surface area contributed by atoms with Crippen LogP contribution < -0.4 is 5.32 Å². The van der Waals surface area contributed by atoms with Crippen LogP contribution in [0.1, 0.15) is 49.7 Å². The van der Waals surface area contributed by atoms with E-state index in [1.165, 1.54) is 22.1 Å². The van der Waals surface area contributed by atoms with E-state index in [2.05, 4.69) is 10.3 Å². The number of hydrogen-bond donors (Lipinski definition) is 1. The van der Waals surface area contributed by atoms with Crippen LogP contribution in [0.4, 0.5) is 5.13 Å².